The zero-order chi connectivity index (χ0) is 15.0. The van der Waals surface area contributed by atoms with Crippen molar-refractivity contribution in [3.63, 3.8) is 0 Å². The van der Waals surface area contributed by atoms with Crippen LogP contribution in [0.25, 0.3) is 0 Å². The van der Waals surface area contributed by atoms with Gasteiger partial charge in [-0.3, -0.25) is 0 Å². The molecule has 0 radical (unpaired) electrons. The number of nitrogens with one attached hydrogen (secondary N) is 1. The van der Waals surface area contributed by atoms with Crippen molar-refractivity contribution in [1.82, 2.24) is 15.5 Å². The molecular formula is C13H14Cl2N4O2. The number of phenolic OH excluding ortho intramolecular Hbond substituents is 1. The predicted molar refractivity (Wildman–Crippen MR) is 79.6 cm³/mol. The Kier molecular flexibility index (Phi) is 3.93. The standard InChI is InChI=1S/C13H14Cl2N4O2/c14-7-1-2-9(20)10(11(7)15)6-3-4-17-8(5-6)12-18-19-13(16)21-12/h1-2,6,8,17,20H,3-5H2,(H2,16,19)/t6-,8+/m0/s1. The summed E-state index contributed by atoms with van der Waals surface area (Å²) in [7, 11) is 0. The SMILES string of the molecule is Nc1nnc([C@H]2C[C@@H](c3c(O)ccc(Cl)c3Cl)CCN2)o1. The van der Waals surface area contributed by atoms with Crippen molar-refractivity contribution in [2.45, 2.75) is 24.8 Å². The van der Waals surface area contributed by atoms with Gasteiger partial charge in [-0.2, -0.15) is 0 Å². The summed E-state index contributed by atoms with van der Waals surface area (Å²) < 4.78 is 5.26. The molecule has 21 heavy (non-hydrogen) atoms. The van der Waals surface area contributed by atoms with Crippen LogP contribution in [0, 0.1) is 0 Å². The van der Waals surface area contributed by atoms with E-state index < -0.39 is 0 Å². The molecule has 6 nitrogen and oxygen atoms in total. The van der Waals surface area contributed by atoms with Crippen molar-refractivity contribution in [1.29, 1.82) is 0 Å². The Morgan fingerprint density at radius 2 is 2.14 bits per heavy atom. The van der Waals surface area contributed by atoms with Gasteiger partial charge in [0.2, 0.25) is 5.89 Å². The Labute approximate surface area is 131 Å². The van der Waals surface area contributed by atoms with Gasteiger partial charge >= 0.3 is 6.01 Å². The summed E-state index contributed by atoms with van der Waals surface area (Å²) in [5, 5.41) is 21.8. The van der Waals surface area contributed by atoms with Crippen molar-refractivity contribution < 1.29 is 9.52 Å². The Morgan fingerprint density at radius 3 is 2.86 bits per heavy atom. The van der Waals surface area contributed by atoms with E-state index in [9.17, 15) is 5.11 Å². The molecule has 1 fully saturated rings. The number of hydrogen-bond acceptors (Lipinski definition) is 6. The van der Waals surface area contributed by atoms with Crippen LogP contribution in [0.2, 0.25) is 10.0 Å². The highest BCUT2D eigenvalue weighted by molar-refractivity contribution is 6.42. The topological polar surface area (TPSA) is 97.2 Å². The third-order valence-electron chi connectivity index (χ3n) is 3.68. The maximum atomic E-state index is 10.1. The van der Waals surface area contributed by atoms with Crippen molar-refractivity contribution in [2.24, 2.45) is 0 Å². The Hall–Kier alpha value is -1.50. The fourth-order valence-corrected chi connectivity index (χ4v) is 3.18. The van der Waals surface area contributed by atoms with Crippen LogP contribution in [0.4, 0.5) is 6.01 Å². The minimum atomic E-state index is -0.122. The lowest BCUT2D eigenvalue weighted by Crippen LogP contribution is -2.31. The molecule has 1 aliphatic heterocycles. The molecule has 1 aliphatic rings. The van der Waals surface area contributed by atoms with E-state index in [4.69, 9.17) is 33.4 Å². The average molecular weight is 329 g/mol. The largest absolute Gasteiger partial charge is 0.508 e. The number of anilines is 1. The van der Waals surface area contributed by atoms with E-state index in [-0.39, 0.29) is 23.7 Å². The van der Waals surface area contributed by atoms with Crippen LogP contribution < -0.4 is 11.1 Å². The van der Waals surface area contributed by atoms with Gasteiger partial charge in [-0.05, 0) is 37.4 Å². The van der Waals surface area contributed by atoms with Gasteiger partial charge in [-0.1, -0.05) is 28.3 Å². The Balaban J connectivity index is 1.88. The summed E-state index contributed by atoms with van der Waals surface area (Å²) in [6, 6.07) is 3.06. The van der Waals surface area contributed by atoms with Crippen molar-refractivity contribution in [3.8, 4) is 5.75 Å². The molecule has 0 unspecified atom stereocenters. The first kappa shape index (κ1) is 14.4. The van der Waals surface area contributed by atoms with E-state index >= 15 is 0 Å². The van der Waals surface area contributed by atoms with E-state index in [2.05, 4.69) is 15.5 Å². The summed E-state index contributed by atoms with van der Waals surface area (Å²) in [6.45, 7) is 0.736. The number of nitrogens with zero attached hydrogens (tertiary/aromatic N) is 2. The first-order chi connectivity index (χ1) is 10.1. The number of aromatic hydroxyl groups is 1. The summed E-state index contributed by atoms with van der Waals surface area (Å²) >= 11 is 12.3. The van der Waals surface area contributed by atoms with E-state index in [1.807, 2.05) is 0 Å². The summed E-state index contributed by atoms with van der Waals surface area (Å²) in [6.07, 6.45) is 1.49. The Bertz CT molecular complexity index is 662. The molecule has 0 amide bonds. The van der Waals surface area contributed by atoms with E-state index in [0.29, 0.717) is 27.9 Å². The highest BCUT2D eigenvalue weighted by Gasteiger charge is 2.30. The quantitative estimate of drug-likeness (QED) is 0.784. The lowest BCUT2D eigenvalue weighted by molar-refractivity contribution is 0.312. The van der Waals surface area contributed by atoms with Gasteiger partial charge in [0.05, 0.1) is 16.1 Å². The maximum absolute atomic E-state index is 10.1. The molecule has 1 aromatic heterocycles. The molecule has 0 spiro atoms. The zero-order valence-electron chi connectivity index (χ0n) is 11.0. The molecule has 0 bridgehead atoms. The zero-order valence-corrected chi connectivity index (χ0v) is 12.5. The van der Waals surface area contributed by atoms with E-state index in [1.165, 1.54) is 0 Å². The molecule has 2 heterocycles. The lowest BCUT2D eigenvalue weighted by Gasteiger charge is -2.29. The molecule has 1 saturated heterocycles. The molecule has 8 heteroatoms. The second-order valence-electron chi connectivity index (χ2n) is 5.00. The van der Waals surface area contributed by atoms with Crippen LogP contribution in [0.1, 0.15) is 36.3 Å². The fourth-order valence-electron chi connectivity index (χ4n) is 2.70. The normalized spacial score (nSPS) is 22.4. The molecule has 2 atom stereocenters. The van der Waals surface area contributed by atoms with Crippen molar-refractivity contribution in [3.05, 3.63) is 33.6 Å². The second-order valence-corrected chi connectivity index (χ2v) is 5.79. The smallest absolute Gasteiger partial charge is 0.312 e. The minimum Gasteiger partial charge on any atom is -0.508 e. The van der Waals surface area contributed by atoms with Gasteiger partial charge in [-0.15, -0.1) is 5.10 Å². The van der Waals surface area contributed by atoms with Crippen LogP contribution in [0.5, 0.6) is 5.75 Å². The van der Waals surface area contributed by atoms with Gasteiger partial charge in [-0.25, -0.2) is 0 Å². The number of nitrogen functional groups attached to an aromatic ring is 1. The third kappa shape index (κ3) is 2.79. The molecule has 1 aromatic carbocycles. The van der Waals surface area contributed by atoms with Crippen LogP contribution in [-0.2, 0) is 0 Å². The van der Waals surface area contributed by atoms with E-state index in [0.717, 1.165) is 13.0 Å². The third-order valence-corrected chi connectivity index (χ3v) is 4.49. The van der Waals surface area contributed by atoms with Gasteiger partial charge in [0, 0.05) is 5.56 Å². The number of halogens is 2. The molecule has 0 saturated carbocycles. The second kappa shape index (κ2) is 5.71. The summed E-state index contributed by atoms with van der Waals surface area (Å²) in [5.74, 6) is 0.644. The van der Waals surface area contributed by atoms with Gasteiger partial charge in [0.25, 0.3) is 0 Å². The molecule has 112 valence electrons. The lowest BCUT2D eigenvalue weighted by atomic mass is 9.86. The number of phenols is 1. The number of rotatable bonds is 2. The van der Waals surface area contributed by atoms with Crippen LogP contribution >= 0.6 is 23.2 Å². The average Bonchev–Trinajstić information content (AvgIpc) is 2.90. The predicted octanol–water partition coefficient (Wildman–Crippen LogP) is 2.87. The van der Waals surface area contributed by atoms with Gasteiger partial charge < -0.3 is 20.6 Å². The van der Waals surface area contributed by atoms with Gasteiger partial charge in [0.1, 0.15) is 5.75 Å². The monoisotopic (exact) mass is 328 g/mol. The number of aromatic nitrogens is 2. The first-order valence-corrected chi connectivity index (χ1v) is 7.31. The van der Waals surface area contributed by atoms with Crippen molar-refractivity contribution in [2.75, 3.05) is 12.3 Å². The fraction of sp³-hybridized carbons (Fsp3) is 0.385. The first-order valence-electron chi connectivity index (χ1n) is 6.55. The summed E-state index contributed by atoms with van der Waals surface area (Å²) in [4.78, 5) is 0. The van der Waals surface area contributed by atoms with Crippen LogP contribution in [-0.4, -0.2) is 21.8 Å². The molecule has 3 rings (SSSR count). The van der Waals surface area contributed by atoms with Crippen molar-refractivity contribution >= 4 is 29.2 Å². The molecule has 0 aliphatic carbocycles. The summed E-state index contributed by atoms with van der Waals surface area (Å²) in [5.41, 5.74) is 6.12. The van der Waals surface area contributed by atoms with Crippen LogP contribution in [0.15, 0.2) is 16.5 Å². The van der Waals surface area contributed by atoms with Gasteiger partial charge in [0.15, 0.2) is 0 Å². The maximum Gasteiger partial charge on any atom is 0.312 e. The molecule has 2 aromatic rings. The number of piperidine rings is 1. The molecular weight excluding hydrogens is 315 g/mol. The van der Waals surface area contributed by atoms with Crippen LogP contribution in [0.3, 0.4) is 0 Å². The number of benzene rings is 1. The number of nitrogens with two attached hydrogens (primary N) is 1. The molecule has 4 N–H and O–H groups in total. The highest BCUT2D eigenvalue weighted by Crippen LogP contribution is 2.43. The highest BCUT2D eigenvalue weighted by atomic mass is 35.5. The Morgan fingerprint density at radius 1 is 1.33 bits per heavy atom. The minimum absolute atomic E-state index is 0.0394. The van der Waals surface area contributed by atoms with E-state index in [1.54, 1.807) is 12.1 Å². The number of hydrogen-bond donors (Lipinski definition) is 3.